The Morgan fingerprint density at radius 1 is 1.50 bits per heavy atom. The molecule has 2 nitrogen and oxygen atoms in total. The van der Waals surface area contributed by atoms with E-state index in [1.807, 2.05) is 24.5 Å². The molecule has 14 heavy (non-hydrogen) atoms. The summed E-state index contributed by atoms with van der Waals surface area (Å²) < 4.78 is 0. The van der Waals surface area contributed by atoms with Crippen LogP contribution in [0.1, 0.15) is 31.9 Å². The molecule has 1 heterocycles. The van der Waals surface area contributed by atoms with Gasteiger partial charge in [0.25, 0.3) is 0 Å². The van der Waals surface area contributed by atoms with E-state index in [1.165, 1.54) is 11.1 Å². The van der Waals surface area contributed by atoms with E-state index in [0.717, 1.165) is 13.0 Å². The Bertz CT molecular complexity index is 280. The van der Waals surface area contributed by atoms with Gasteiger partial charge in [0.15, 0.2) is 0 Å². The molecule has 0 aliphatic rings. The third kappa shape index (κ3) is 3.71. The van der Waals surface area contributed by atoms with Gasteiger partial charge in [-0.15, -0.1) is 6.58 Å². The first-order chi connectivity index (χ1) is 6.70. The van der Waals surface area contributed by atoms with Crippen LogP contribution in [-0.2, 0) is 0 Å². The molecule has 0 saturated heterocycles. The molecule has 0 aliphatic heterocycles. The Hall–Kier alpha value is -1.15. The van der Waals surface area contributed by atoms with Crippen molar-refractivity contribution in [2.45, 2.75) is 26.3 Å². The van der Waals surface area contributed by atoms with Crippen LogP contribution in [0.15, 0.2) is 36.7 Å². The van der Waals surface area contributed by atoms with Crippen LogP contribution in [0, 0.1) is 0 Å². The van der Waals surface area contributed by atoms with Crippen LogP contribution in [0.5, 0.6) is 0 Å². The highest BCUT2D eigenvalue weighted by Crippen LogP contribution is 2.10. The maximum Gasteiger partial charge on any atom is 0.0293 e. The van der Waals surface area contributed by atoms with Crippen LogP contribution in [0.4, 0.5) is 0 Å². The van der Waals surface area contributed by atoms with Crippen molar-refractivity contribution >= 4 is 0 Å². The van der Waals surface area contributed by atoms with Gasteiger partial charge in [-0.3, -0.25) is 4.98 Å². The monoisotopic (exact) mass is 190 g/mol. The lowest BCUT2D eigenvalue weighted by molar-refractivity contribution is 0.575. The fraction of sp³-hybridized carbons (Fsp3) is 0.417. The lowest BCUT2D eigenvalue weighted by atomic mass is 10.1. The number of hydrogen-bond acceptors (Lipinski definition) is 2. The highest BCUT2D eigenvalue weighted by atomic mass is 14.9. The maximum absolute atomic E-state index is 3.99. The first-order valence-electron chi connectivity index (χ1n) is 4.98. The Kier molecular flexibility index (Phi) is 4.33. The topological polar surface area (TPSA) is 24.9 Å². The highest BCUT2D eigenvalue weighted by Gasteiger charge is 2.02. The van der Waals surface area contributed by atoms with Gasteiger partial charge in [0, 0.05) is 18.4 Å². The zero-order chi connectivity index (χ0) is 10.4. The van der Waals surface area contributed by atoms with E-state index in [9.17, 15) is 0 Å². The van der Waals surface area contributed by atoms with E-state index in [4.69, 9.17) is 0 Å². The lowest BCUT2D eigenvalue weighted by Gasteiger charge is -2.13. The predicted molar refractivity (Wildman–Crippen MR) is 60.1 cm³/mol. The fourth-order valence-electron chi connectivity index (χ4n) is 1.27. The van der Waals surface area contributed by atoms with E-state index in [1.54, 1.807) is 0 Å². The maximum atomic E-state index is 3.99. The van der Waals surface area contributed by atoms with Crippen LogP contribution in [0.25, 0.3) is 0 Å². The van der Waals surface area contributed by atoms with Crippen LogP contribution in [0.3, 0.4) is 0 Å². The molecule has 76 valence electrons. The molecule has 0 aromatic carbocycles. The second kappa shape index (κ2) is 5.55. The zero-order valence-electron chi connectivity index (χ0n) is 8.96. The van der Waals surface area contributed by atoms with Crippen LogP contribution in [0.2, 0.25) is 0 Å². The number of pyridine rings is 1. The summed E-state index contributed by atoms with van der Waals surface area (Å²) >= 11 is 0. The van der Waals surface area contributed by atoms with Crippen LogP contribution >= 0.6 is 0 Å². The molecule has 0 amide bonds. The van der Waals surface area contributed by atoms with Crippen molar-refractivity contribution in [2.75, 3.05) is 6.54 Å². The van der Waals surface area contributed by atoms with Crippen molar-refractivity contribution in [2.24, 2.45) is 0 Å². The van der Waals surface area contributed by atoms with E-state index in [-0.39, 0.29) is 0 Å². The minimum Gasteiger partial charge on any atom is -0.310 e. The van der Waals surface area contributed by atoms with E-state index >= 15 is 0 Å². The molecule has 1 aromatic rings. The Balaban J connectivity index is 2.36. The molecule has 0 fully saturated rings. The summed E-state index contributed by atoms with van der Waals surface area (Å²) in [5.74, 6) is 0. The van der Waals surface area contributed by atoms with Crippen LogP contribution < -0.4 is 5.32 Å². The fourth-order valence-corrected chi connectivity index (χ4v) is 1.27. The molecule has 0 aliphatic carbocycles. The van der Waals surface area contributed by atoms with E-state index in [2.05, 4.69) is 30.7 Å². The minimum absolute atomic E-state index is 0.386. The normalized spacial score (nSPS) is 12.4. The van der Waals surface area contributed by atoms with Gasteiger partial charge < -0.3 is 5.32 Å². The van der Waals surface area contributed by atoms with Gasteiger partial charge >= 0.3 is 0 Å². The minimum atomic E-state index is 0.386. The number of nitrogens with zero attached hydrogens (tertiary/aromatic N) is 1. The molecule has 0 radical (unpaired) electrons. The van der Waals surface area contributed by atoms with Gasteiger partial charge in [-0.2, -0.15) is 0 Å². The smallest absolute Gasteiger partial charge is 0.0293 e. The van der Waals surface area contributed by atoms with Gasteiger partial charge in [0.2, 0.25) is 0 Å². The molecule has 0 spiro atoms. The number of hydrogen-bond donors (Lipinski definition) is 1. The number of rotatable bonds is 5. The first kappa shape index (κ1) is 10.9. The van der Waals surface area contributed by atoms with Gasteiger partial charge in [0.1, 0.15) is 0 Å². The number of aromatic nitrogens is 1. The summed E-state index contributed by atoms with van der Waals surface area (Å²) in [6.07, 6.45) is 4.69. The lowest BCUT2D eigenvalue weighted by Crippen LogP contribution is -2.19. The summed E-state index contributed by atoms with van der Waals surface area (Å²) in [6, 6.07) is 4.47. The van der Waals surface area contributed by atoms with Crippen molar-refractivity contribution in [3.63, 3.8) is 0 Å². The predicted octanol–water partition coefficient (Wildman–Crippen LogP) is 2.70. The zero-order valence-corrected chi connectivity index (χ0v) is 8.96. The Morgan fingerprint density at radius 2 is 2.14 bits per heavy atom. The van der Waals surface area contributed by atoms with E-state index in [0.29, 0.717) is 6.04 Å². The van der Waals surface area contributed by atoms with Gasteiger partial charge in [-0.1, -0.05) is 5.57 Å². The van der Waals surface area contributed by atoms with Gasteiger partial charge in [-0.25, -0.2) is 0 Å². The number of nitrogens with one attached hydrogen (secondary N) is 1. The summed E-state index contributed by atoms with van der Waals surface area (Å²) in [5.41, 5.74) is 2.50. The summed E-state index contributed by atoms with van der Waals surface area (Å²) in [5, 5.41) is 3.44. The standard InChI is InChI=1S/C12H18N2/c1-10(2)4-9-14-11(3)12-5-7-13-8-6-12/h5-8,11,14H,1,4,9H2,2-3H3. The van der Waals surface area contributed by atoms with Crippen molar-refractivity contribution in [1.82, 2.24) is 10.3 Å². The molecule has 2 heteroatoms. The summed E-state index contributed by atoms with van der Waals surface area (Å²) in [7, 11) is 0. The van der Waals surface area contributed by atoms with Crippen molar-refractivity contribution in [3.05, 3.63) is 42.2 Å². The Morgan fingerprint density at radius 3 is 2.71 bits per heavy atom. The Labute approximate surface area is 86.1 Å². The molecule has 1 atom stereocenters. The summed E-state index contributed by atoms with van der Waals surface area (Å²) in [4.78, 5) is 3.99. The second-order valence-corrected chi connectivity index (χ2v) is 3.66. The molecule has 1 aromatic heterocycles. The van der Waals surface area contributed by atoms with Crippen molar-refractivity contribution in [3.8, 4) is 0 Å². The average Bonchev–Trinajstić information content (AvgIpc) is 2.18. The van der Waals surface area contributed by atoms with Gasteiger partial charge in [-0.05, 0) is 44.5 Å². The second-order valence-electron chi connectivity index (χ2n) is 3.66. The molecule has 1 rings (SSSR count). The van der Waals surface area contributed by atoms with Gasteiger partial charge in [0.05, 0.1) is 0 Å². The van der Waals surface area contributed by atoms with Crippen molar-refractivity contribution < 1.29 is 0 Å². The molecular formula is C12H18N2. The van der Waals surface area contributed by atoms with Crippen molar-refractivity contribution in [1.29, 1.82) is 0 Å². The highest BCUT2D eigenvalue weighted by molar-refractivity contribution is 5.13. The first-order valence-corrected chi connectivity index (χ1v) is 4.98. The average molecular weight is 190 g/mol. The third-order valence-electron chi connectivity index (χ3n) is 2.21. The molecular weight excluding hydrogens is 172 g/mol. The molecule has 1 unspecified atom stereocenters. The van der Waals surface area contributed by atoms with E-state index < -0.39 is 0 Å². The van der Waals surface area contributed by atoms with Crippen LogP contribution in [-0.4, -0.2) is 11.5 Å². The molecule has 1 N–H and O–H groups in total. The molecule has 0 saturated carbocycles. The largest absolute Gasteiger partial charge is 0.310 e. The summed E-state index contributed by atoms with van der Waals surface area (Å²) in [6.45, 7) is 9.07. The molecule has 0 bridgehead atoms. The third-order valence-corrected chi connectivity index (χ3v) is 2.21. The SMILES string of the molecule is C=C(C)CCNC(C)c1ccncc1. The quantitative estimate of drug-likeness (QED) is 0.722.